The number of hydrogen-bond donors (Lipinski definition) is 0. The highest BCUT2D eigenvalue weighted by atomic mass is 79.9. The number of carbonyl (C=O) groups is 2. The van der Waals surface area contributed by atoms with Crippen LogP contribution in [-0.2, 0) is 14.9 Å². The molecule has 4 aromatic carbocycles. The van der Waals surface area contributed by atoms with E-state index < -0.39 is 0 Å². The van der Waals surface area contributed by atoms with Gasteiger partial charge in [0.15, 0.2) is 0 Å². The highest BCUT2D eigenvalue weighted by Gasteiger charge is 2.43. The van der Waals surface area contributed by atoms with E-state index in [1.807, 2.05) is 36.4 Å². The fourth-order valence-electron chi connectivity index (χ4n) is 8.00. The first-order chi connectivity index (χ1) is 24.8. The van der Waals surface area contributed by atoms with Crippen LogP contribution in [-0.4, -0.2) is 26.2 Å². The zero-order chi connectivity index (χ0) is 36.4. The van der Waals surface area contributed by atoms with Crippen molar-refractivity contribution >= 4 is 43.8 Å². The summed E-state index contributed by atoms with van der Waals surface area (Å²) in [7, 11) is 2.88. The molecule has 6 heteroatoms. The number of hydrogen-bond acceptors (Lipinski definition) is 4. The Morgan fingerprint density at radius 3 is 1.27 bits per heavy atom. The van der Waals surface area contributed by atoms with Gasteiger partial charge in [-0.2, -0.15) is 0 Å². The van der Waals surface area contributed by atoms with Crippen LogP contribution in [0.1, 0.15) is 136 Å². The Balaban J connectivity index is 1.67. The van der Waals surface area contributed by atoms with Crippen molar-refractivity contribution < 1.29 is 19.1 Å². The molecule has 4 aromatic rings. The molecular formula is C45H52Br2O4. The van der Waals surface area contributed by atoms with E-state index in [1.54, 1.807) is 0 Å². The number of esters is 2. The third kappa shape index (κ3) is 8.88. The lowest BCUT2D eigenvalue weighted by Crippen LogP contribution is -2.26. The molecule has 0 unspecified atom stereocenters. The van der Waals surface area contributed by atoms with E-state index in [9.17, 15) is 9.59 Å². The minimum atomic E-state index is -0.346. The Hall–Kier alpha value is -3.22. The molecule has 1 aliphatic rings. The molecule has 0 fully saturated rings. The van der Waals surface area contributed by atoms with Crippen molar-refractivity contribution in [3.63, 3.8) is 0 Å². The second-order valence-corrected chi connectivity index (χ2v) is 15.8. The first kappa shape index (κ1) is 39.0. The maximum atomic E-state index is 13.0. The van der Waals surface area contributed by atoms with Crippen LogP contribution in [0.5, 0.6) is 0 Å². The Kier molecular flexibility index (Phi) is 14.2. The molecule has 0 atom stereocenters. The number of halogens is 2. The highest BCUT2D eigenvalue weighted by Crippen LogP contribution is 2.56. The topological polar surface area (TPSA) is 52.6 Å². The molecule has 0 amide bonds. The van der Waals surface area contributed by atoms with Gasteiger partial charge in [-0.15, -0.1) is 0 Å². The average Bonchev–Trinajstić information content (AvgIpc) is 3.41. The van der Waals surface area contributed by atoms with Crippen LogP contribution in [0.25, 0.3) is 33.4 Å². The van der Waals surface area contributed by atoms with Crippen LogP contribution < -0.4 is 0 Å². The van der Waals surface area contributed by atoms with Crippen molar-refractivity contribution in [1.29, 1.82) is 0 Å². The number of rotatable bonds is 18. The SMILES string of the molecule is CCCCCCCCC1(CCCCCCCC)c2cc(-c3ccc(Br)cc3C(=O)OC)ccc2-c2ccc(-c3ccc(Br)cc3C(=O)OC)cc21. The Bertz CT molecular complexity index is 1690. The van der Waals surface area contributed by atoms with Gasteiger partial charge in [-0.25, -0.2) is 9.59 Å². The summed E-state index contributed by atoms with van der Waals surface area (Å²) in [5.74, 6) is -0.692. The van der Waals surface area contributed by atoms with Crippen LogP contribution in [0.15, 0.2) is 81.7 Å². The molecule has 0 aromatic heterocycles. The van der Waals surface area contributed by atoms with Crippen molar-refractivity contribution in [2.45, 2.75) is 109 Å². The molecule has 0 N–H and O–H groups in total. The summed E-state index contributed by atoms with van der Waals surface area (Å²) in [6, 6.07) is 25.3. The fraction of sp³-hybridized carbons (Fsp3) is 0.422. The normalized spacial score (nSPS) is 12.7. The lowest BCUT2D eigenvalue weighted by molar-refractivity contribution is 0.0592. The van der Waals surface area contributed by atoms with Crippen molar-refractivity contribution in [3.05, 3.63) is 104 Å². The van der Waals surface area contributed by atoms with Crippen molar-refractivity contribution in [2.75, 3.05) is 14.2 Å². The van der Waals surface area contributed by atoms with Gasteiger partial charge < -0.3 is 9.47 Å². The van der Waals surface area contributed by atoms with E-state index in [4.69, 9.17) is 9.47 Å². The number of unbranched alkanes of at least 4 members (excludes halogenated alkanes) is 10. The van der Waals surface area contributed by atoms with Crippen LogP contribution in [0.2, 0.25) is 0 Å². The molecule has 0 saturated carbocycles. The van der Waals surface area contributed by atoms with Gasteiger partial charge >= 0.3 is 11.9 Å². The van der Waals surface area contributed by atoms with E-state index in [-0.39, 0.29) is 17.4 Å². The van der Waals surface area contributed by atoms with Crippen LogP contribution in [0.4, 0.5) is 0 Å². The van der Waals surface area contributed by atoms with Crippen LogP contribution in [0, 0.1) is 0 Å². The second kappa shape index (κ2) is 18.5. The molecular weight excluding hydrogens is 764 g/mol. The van der Waals surface area contributed by atoms with E-state index in [2.05, 4.69) is 82.1 Å². The molecule has 5 rings (SSSR count). The monoisotopic (exact) mass is 814 g/mol. The molecule has 0 saturated heterocycles. The quantitative estimate of drug-likeness (QED) is 0.0741. The molecule has 1 aliphatic carbocycles. The minimum Gasteiger partial charge on any atom is -0.465 e. The number of benzene rings is 4. The van der Waals surface area contributed by atoms with Gasteiger partial charge in [-0.3, -0.25) is 0 Å². The number of fused-ring (bicyclic) bond motifs is 3. The van der Waals surface area contributed by atoms with Crippen molar-refractivity contribution in [3.8, 4) is 33.4 Å². The lowest BCUT2D eigenvalue weighted by Gasteiger charge is -2.33. The Labute approximate surface area is 322 Å². The van der Waals surface area contributed by atoms with Gasteiger partial charge in [-0.1, -0.05) is 159 Å². The average molecular weight is 817 g/mol. The first-order valence-corrected chi connectivity index (χ1v) is 20.4. The number of carbonyl (C=O) groups excluding carboxylic acids is 2. The Morgan fingerprint density at radius 2 is 0.882 bits per heavy atom. The molecule has 0 bridgehead atoms. The summed E-state index contributed by atoms with van der Waals surface area (Å²) in [6.07, 6.45) is 16.9. The van der Waals surface area contributed by atoms with Crippen LogP contribution in [0.3, 0.4) is 0 Å². The summed E-state index contributed by atoms with van der Waals surface area (Å²) in [5, 5.41) is 0. The lowest BCUT2D eigenvalue weighted by atomic mass is 9.70. The predicted octanol–water partition coefficient (Wildman–Crippen LogP) is 13.9. The smallest absolute Gasteiger partial charge is 0.338 e. The standard InChI is InChI=1S/C45H52Br2O4/c1-5-7-9-11-13-15-25-45(26-16-14-12-10-8-6-2)41-27-31(35-23-19-33(46)29-39(35)43(48)50-3)17-21-37(41)38-22-18-32(28-42(38)45)36-24-20-34(47)30-40(36)44(49)51-4/h17-24,27-30H,5-16,25-26H2,1-4H3. The highest BCUT2D eigenvalue weighted by molar-refractivity contribution is 9.10. The molecule has 0 heterocycles. The summed E-state index contributed by atoms with van der Waals surface area (Å²) in [4.78, 5) is 26.0. The van der Waals surface area contributed by atoms with Gasteiger partial charge in [0.1, 0.15) is 0 Å². The maximum Gasteiger partial charge on any atom is 0.338 e. The third-order valence-electron chi connectivity index (χ3n) is 10.7. The summed E-state index contributed by atoms with van der Waals surface area (Å²) in [6.45, 7) is 4.54. The molecule has 0 spiro atoms. The van der Waals surface area contributed by atoms with E-state index in [0.29, 0.717) is 11.1 Å². The van der Waals surface area contributed by atoms with Gasteiger partial charge in [0.05, 0.1) is 25.3 Å². The minimum absolute atomic E-state index is 0.201. The van der Waals surface area contributed by atoms with E-state index in [1.165, 1.54) is 101 Å². The molecule has 4 nitrogen and oxygen atoms in total. The summed E-state index contributed by atoms with van der Waals surface area (Å²) in [5.41, 5.74) is 9.89. The molecule has 51 heavy (non-hydrogen) atoms. The van der Waals surface area contributed by atoms with E-state index >= 15 is 0 Å². The van der Waals surface area contributed by atoms with Gasteiger partial charge in [-0.05, 0) is 93.7 Å². The van der Waals surface area contributed by atoms with Gasteiger partial charge in [0, 0.05) is 14.4 Å². The summed E-state index contributed by atoms with van der Waals surface area (Å²) < 4.78 is 12.1. The van der Waals surface area contributed by atoms with Crippen molar-refractivity contribution in [1.82, 2.24) is 0 Å². The summed E-state index contributed by atoms with van der Waals surface area (Å²) >= 11 is 7.13. The zero-order valence-corrected chi connectivity index (χ0v) is 33.9. The van der Waals surface area contributed by atoms with Crippen molar-refractivity contribution in [2.24, 2.45) is 0 Å². The fourth-order valence-corrected chi connectivity index (χ4v) is 8.72. The van der Waals surface area contributed by atoms with Crippen LogP contribution >= 0.6 is 31.9 Å². The molecule has 0 radical (unpaired) electrons. The molecule has 270 valence electrons. The number of methoxy groups -OCH3 is 2. The van der Waals surface area contributed by atoms with E-state index in [0.717, 1.165) is 56.9 Å². The molecule has 0 aliphatic heterocycles. The number of ether oxygens (including phenoxy) is 2. The maximum absolute atomic E-state index is 13.0. The largest absolute Gasteiger partial charge is 0.465 e. The second-order valence-electron chi connectivity index (χ2n) is 14.0. The Morgan fingerprint density at radius 1 is 0.510 bits per heavy atom. The predicted molar refractivity (Wildman–Crippen MR) is 218 cm³/mol. The van der Waals surface area contributed by atoms with Gasteiger partial charge in [0.2, 0.25) is 0 Å². The zero-order valence-electron chi connectivity index (χ0n) is 30.7. The van der Waals surface area contributed by atoms with Gasteiger partial charge in [0.25, 0.3) is 0 Å². The first-order valence-electron chi connectivity index (χ1n) is 18.8. The third-order valence-corrected chi connectivity index (χ3v) is 11.7.